The number of aliphatic hydroxyl groups excluding tert-OH is 2. The van der Waals surface area contributed by atoms with E-state index in [1.807, 2.05) is 21.1 Å². The first-order valence-corrected chi connectivity index (χ1v) is 13.5. The lowest BCUT2D eigenvalue weighted by atomic mass is 10.0. The molecule has 1 rings (SSSR count). The third kappa shape index (κ3) is 13.9. The molecule has 33 heavy (non-hydrogen) atoms. The van der Waals surface area contributed by atoms with Crippen molar-refractivity contribution in [1.29, 1.82) is 0 Å². The first-order valence-electron chi connectivity index (χ1n) is 13.5. The molecule has 0 amide bonds. The van der Waals surface area contributed by atoms with Crippen LogP contribution in [0.3, 0.4) is 0 Å². The van der Waals surface area contributed by atoms with Gasteiger partial charge < -0.3 is 24.2 Å². The number of cyclic esters (lactones) is 1. The summed E-state index contributed by atoms with van der Waals surface area (Å²) in [6, 6.07) is 0. The molecule has 6 heteroatoms. The molecule has 0 aromatic heterocycles. The van der Waals surface area contributed by atoms with Crippen molar-refractivity contribution in [3.63, 3.8) is 0 Å². The van der Waals surface area contributed by atoms with E-state index in [-0.39, 0.29) is 11.5 Å². The van der Waals surface area contributed by atoms with Crippen LogP contribution in [0.25, 0.3) is 0 Å². The molecular formula is C27H52NO5+. The van der Waals surface area contributed by atoms with Gasteiger partial charge in [-0.15, -0.1) is 0 Å². The van der Waals surface area contributed by atoms with E-state index in [0.29, 0.717) is 17.6 Å². The minimum atomic E-state index is -1.03. The van der Waals surface area contributed by atoms with Gasteiger partial charge in [0.15, 0.2) is 11.9 Å². The van der Waals surface area contributed by atoms with E-state index >= 15 is 0 Å². The number of nitrogens with zero attached hydrogens (tertiary/aromatic N) is 1. The molecule has 0 saturated carbocycles. The molecule has 0 radical (unpaired) electrons. The Hall–Kier alpha value is -1.27. The van der Waals surface area contributed by atoms with E-state index in [1.54, 1.807) is 0 Å². The first-order chi connectivity index (χ1) is 15.8. The highest BCUT2D eigenvalue weighted by Gasteiger charge is 2.42. The van der Waals surface area contributed by atoms with Crippen LogP contribution in [0.15, 0.2) is 11.5 Å². The smallest absolute Gasteiger partial charge is 0.378 e. The average molecular weight is 471 g/mol. The Labute approximate surface area is 202 Å². The zero-order chi connectivity index (χ0) is 24.5. The summed E-state index contributed by atoms with van der Waals surface area (Å²) in [5.41, 5.74) is 0. The molecule has 1 aliphatic heterocycles. The fraction of sp³-hybridized carbons (Fsp3) is 0.889. The van der Waals surface area contributed by atoms with Gasteiger partial charge in [0.05, 0.1) is 27.7 Å². The van der Waals surface area contributed by atoms with Gasteiger partial charge in [-0.2, -0.15) is 0 Å². The minimum Gasteiger partial charge on any atom is -0.505 e. The third-order valence-corrected chi connectivity index (χ3v) is 6.25. The lowest BCUT2D eigenvalue weighted by Gasteiger charge is -2.28. The second kappa shape index (κ2) is 17.2. The number of quaternary nitrogens is 1. The van der Waals surface area contributed by atoms with Crippen molar-refractivity contribution in [2.75, 3.05) is 34.3 Å². The number of hydrogen-bond donors (Lipinski definition) is 2. The number of ether oxygens (including phenoxy) is 2. The number of aliphatic hydroxyl groups is 2. The first kappa shape index (κ1) is 29.8. The van der Waals surface area contributed by atoms with Crippen molar-refractivity contribution in [2.45, 2.75) is 122 Å². The SMILES string of the molecule is CCCCCCCCCCCCCCCCCCOC1=C(O)[C@@H]([C@@H](O)C[N+](C)(C)C)OC1=O. The molecule has 0 aliphatic carbocycles. The maximum absolute atomic E-state index is 12.0. The standard InChI is InChI=1S/C27H51NO5/c1-5-6-7-8-9-10-11-12-13-14-15-16-17-18-19-20-21-32-26-24(30)25(33-27(26)31)23(29)22-28(2,3)4/h23,25,29H,5-22H2,1-4H3/p+1/t23-,25+/m0/s1. The Morgan fingerprint density at radius 1 is 0.818 bits per heavy atom. The van der Waals surface area contributed by atoms with Gasteiger partial charge >= 0.3 is 5.97 Å². The van der Waals surface area contributed by atoms with Crippen molar-refractivity contribution < 1.29 is 29.0 Å². The van der Waals surface area contributed by atoms with Crippen LogP contribution >= 0.6 is 0 Å². The average Bonchev–Trinajstić information content (AvgIpc) is 3.03. The number of likely N-dealkylation sites (N-methyl/N-ethyl adjacent to an activating group) is 1. The topological polar surface area (TPSA) is 76.0 Å². The second-order valence-electron chi connectivity index (χ2n) is 10.7. The maximum Gasteiger partial charge on any atom is 0.378 e. The van der Waals surface area contributed by atoms with Crippen LogP contribution in [-0.2, 0) is 14.3 Å². The molecule has 0 saturated heterocycles. The molecule has 0 spiro atoms. The summed E-state index contributed by atoms with van der Waals surface area (Å²) in [7, 11) is 5.78. The van der Waals surface area contributed by atoms with Gasteiger partial charge in [-0.05, 0) is 6.42 Å². The van der Waals surface area contributed by atoms with Gasteiger partial charge in [0.2, 0.25) is 5.76 Å². The van der Waals surface area contributed by atoms with Crippen LogP contribution in [0.4, 0.5) is 0 Å². The van der Waals surface area contributed by atoms with Crippen LogP contribution in [0.1, 0.15) is 110 Å². The van der Waals surface area contributed by atoms with Gasteiger partial charge in [-0.25, -0.2) is 4.79 Å². The molecular weight excluding hydrogens is 418 g/mol. The number of esters is 1. The van der Waals surface area contributed by atoms with E-state index < -0.39 is 18.2 Å². The summed E-state index contributed by atoms with van der Waals surface area (Å²) >= 11 is 0. The predicted molar refractivity (Wildman–Crippen MR) is 134 cm³/mol. The van der Waals surface area contributed by atoms with Crippen molar-refractivity contribution in [3.05, 3.63) is 11.5 Å². The Bertz CT molecular complexity index is 555. The molecule has 0 bridgehead atoms. The summed E-state index contributed by atoms with van der Waals surface area (Å²) in [5.74, 6) is -1.10. The lowest BCUT2D eigenvalue weighted by molar-refractivity contribution is -0.874. The fourth-order valence-corrected chi connectivity index (χ4v) is 4.33. The number of hydrogen-bond acceptors (Lipinski definition) is 5. The molecule has 1 aliphatic rings. The molecule has 1 heterocycles. The largest absolute Gasteiger partial charge is 0.505 e. The minimum absolute atomic E-state index is 0.138. The summed E-state index contributed by atoms with van der Waals surface area (Å²) in [6.45, 7) is 3.00. The zero-order valence-electron chi connectivity index (χ0n) is 21.9. The Kier molecular flexibility index (Phi) is 15.5. The van der Waals surface area contributed by atoms with E-state index in [1.165, 1.54) is 89.9 Å². The second-order valence-corrected chi connectivity index (χ2v) is 10.7. The molecule has 0 unspecified atom stereocenters. The molecule has 6 nitrogen and oxygen atoms in total. The van der Waals surface area contributed by atoms with Gasteiger partial charge in [0.25, 0.3) is 0 Å². The normalized spacial score (nSPS) is 17.5. The van der Waals surface area contributed by atoms with E-state index in [9.17, 15) is 15.0 Å². The highest BCUT2D eigenvalue weighted by atomic mass is 16.6. The summed E-state index contributed by atoms with van der Waals surface area (Å²) < 4.78 is 11.1. The summed E-state index contributed by atoms with van der Waals surface area (Å²) in [4.78, 5) is 12.0. The van der Waals surface area contributed by atoms with E-state index in [0.717, 1.165) is 12.8 Å². The van der Waals surface area contributed by atoms with Crippen LogP contribution in [0.5, 0.6) is 0 Å². The van der Waals surface area contributed by atoms with E-state index in [2.05, 4.69) is 6.92 Å². The lowest BCUT2D eigenvalue weighted by Crippen LogP contribution is -2.46. The molecule has 2 atom stereocenters. The molecule has 2 N–H and O–H groups in total. The highest BCUT2D eigenvalue weighted by molar-refractivity contribution is 5.89. The molecule has 0 fully saturated rings. The number of rotatable bonds is 21. The monoisotopic (exact) mass is 470 g/mol. The van der Waals surface area contributed by atoms with Gasteiger partial charge in [0, 0.05) is 0 Å². The van der Waals surface area contributed by atoms with Crippen molar-refractivity contribution in [3.8, 4) is 0 Å². The molecule has 0 aromatic rings. The predicted octanol–water partition coefficient (Wildman–Crippen LogP) is 6.03. The maximum atomic E-state index is 12.0. The van der Waals surface area contributed by atoms with Crippen LogP contribution in [0, 0.1) is 0 Å². The molecule has 194 valence electrons. The van der Waals surface area contributed by atoms with Crippen LogP contribution < -0.4 is 0 Å². The van der Waals surface area contributed by atoms with Gasteiger partial charge in [-0.1, -0.05) is 103 Å². The van der Waals surface area contributed by atoms with Crippen molar-refractivity contribution in [2.24, 2.45) is 0 Å². The molecule has 0 aromatic carbocycles. The summed E-state index contributed by atoms with van der Waals surface area (Å²) in [5, 5.41) is 20.5. The number of carbonyl (C=O) groups excluding carboxylic acids is 1. The quantitative estimate of drug-likeness (QED) is 0.122. The number of carbonyl (C=O) groups is 1. The van der Waals surface area contributed by atoms with Gasteiger partial charge in [0.1, 0.15) is 12.6 Å². The van der Waals surface area contributed by atoms with Crippen molar-refractivity contribution >= 4 is 5.97 Å². The Morgan fingerprint density at radius 2 is 1.24 bits per heavy atom. The van der Waals surface area contributed by atoms with Gasteiger partial charge in [-0.3, -0.25) is 0 Å². The zero-order valence-corrected chi connectivity index (χ0v) is 21.9. The Balaban J connectivity index is 1.99. The third-order valence-electron chi connectivity index (χ3n) is 6.25. The summed E-state index contributed by atoms with van der Waals surface area (Å²) in [6.07, 6.45) is 18.8. The highest BCUT2D eigenvalue weighted by Crippen LogP contribution is 2.25. The Morgan fingerprint density at radius 3 is 1.67 bits per heavy atom. The fourth-order valence-electron chi connectivity index (χ4n) is 4.33. The number of unbranched alkanes of at least 4 members (excludes halogenated alkanes) is 15. The van der Waals surface area contributed by atoms with Crippen molar-refractivity contribution in [1.82, 2.24) is 0 Å². The van der Waals surface area contributed by atoms with Crippen LogP contribution in [-0.4, -0.2) is 67.2 Å². The van der Waals surface area contributed by atoms with Crippen LogP contribution in [0.2, 0.25) is 0 Å². The van der Waals surface area contributed by atoms with E-state index in [4.69, 9.17) is 9.47 Å².